The molecule has 1 N–H and O–H groups in total. The summed E-state index contributed by atoms with van der Waals surface area (Å²) in [5, 5.41) is 11.7. The molecule has 1 aromatic heterocycles. The number of halogens is 3. The zero-order chi connectivity index (χ0) is 14.6. The van der Waals surface area contributed by atoms with Gasteiger partial charge in [-0.05, 0) is 24.3 Å². The van der Waals surface area contributed by atoms with Gasteiger partial charge in [0.15, 0.2) is 0 Å². The van der Waals surface area contributed by atoms with Gasteiger partial charge in [-0.25, -0.2) is 0 Å². The number of benzene rings is 1. The van der Waals surface area contributed by atoms with Crippen molar-refractivity contribution in [1.29, 1.82) is 5.26 Å². The Morgan fingerprint density at radius 2 is 2.05 bits per heavy atom. The maximum absolute atomic E-state index is 12.1. The van der Waals surface area contributed by atoms with Crippen LogP contribution in [0.15, 0.2) is 36.4 Å². The van der Waals surface area contributed by atoms with Crippen molar-refractivity contribution >= 4 is 17.0 Å². The Morgan fingerprint density at radius 3 is 2.70 bits per heavy atom. The molecule has 0 bridgehead atoms. The van der Waals surface area contributed by atoms with E-state index in [1.807, 2.05) is 6.07 Å². The second-order valence-corrected chi connectivity index (χ2v) is 4.98. The lowest BCUT2D eigenvalue weighted by molar-refractivity contribution is -0.274. The fraction of sp³-hybridized carbons (Fsp3) is 0.154. The first kappa shape index (κ1) is 14.2. The average molecular weight is 298 g/mol. The summed E-state index contributed by atoms with van der Waals surface area (Å²) in [7, 11) is 0. The Bertz CT molecular complexity index is 631. The highest BCUT2D eigenvalue weighted by atomic mass is 32.1. The molecule has 0 unspecified atom stereocenters. The SMILES string of the molecule is N#Cc1ccc(CNc2cccc(OC(F)(F)F)c2)s1. The highest BCUT2D eigenvalue weighted by molar-refractivity contribution is 7.12. The minimum Gasteiger partial charge on any atom is -0.406 e. The lowest BCUT2D eigenvalue weighted by Crippen LogP contribution is -2.17. The summed E-state index contributed by atoms with van der Waals surface area (Å²) < 4.78 is 40.1. The molecule has 0 spiro atoms. The lowest BCUT2D eigenvalue weighted by atomic mass is 10.3. The fourth-order valence-electron chi connectivity index (χ4n) is 1.53. The minimum atomic E-state index is -4.70. The molecular formula is C13H9F3N2OS. The van der Waals surface area contributed by atoms with Crippen LogP contribution in [-0.4, -0.2) is 6.36 Å². The Hall–Kier alpha value is -2.20. The molecule has 2 aromatic rings. The van der Waals surface area contributed by atoms with Crippen molar-refractivity contribution in [3.8, 4) is 11.8 Å². The quantitative estimate of drug-likeness (QED) is 0.923. The van der Waals surface area contributed by atoms with E-state index in [9.17, 15) is 13.2 Å². The topological polar surface area (TPSA) is 45.0 Å². The summed E-state index contributed by atoms with van der Waals surface area (Å²) in [5.74, 6) is -0.272. The average Bonchev–Trinajstić information content (AvgIpc) is 2.83. The van der Waals surface area contributed by atoms with Crippen molar-refractivity contribution < 1.29 is 17.9 Å². The summed E-state index contributed by atoms with van der Waals surface area (Å²) in [4.78, 5) is 1.51. The molecule has 1 aromatic carbocycles. The monoisotopic (exact) mass is 298 g/mol. The highest BCUT2D eigenvalue weighted by Gasteiger charge is 2.31. The van der Waals surface area contributed by atoms with Crippen LogP contribution in [-0.2, 0) is 6.54 Å². The van der Waals surface area contributed by atoms with Gasteiger partial charge < -0.3 is 10.1 Å². The first-order chi connectivity index (χ1) is 9.46. The molecular weight excluding hydrogens is 289 g/mol. The van der Waals surface area contributed by atoms with Gasteiger partial charge in [-0.15, -0.1) is 24.5 Å². The van der Waals surface area contributed by atoms with Crippen molar-refractivity contribution in [2.75, 3.05) is 5.32 Å². The van der Waals surface area contributed by atoms with Gasteiger partial charge in [0.1, 0.15) is 16.7 Å². The standard InChI is InChI=1S/C13H9F3N2OS/c14-13(15,16)19-10-3-1-2-9(6-10)18-8-12-5-4-11(7-17)20-12/h1-6,18H,8H2. The zero-order valence-corrected chi connectivity index (χ0v) is 10.9. The van der Waals surface area contributed by atoms with Crippen LogP contribution in [0.5, 0.6) is 5.75 Å². The molecule has 104 valence electrons. The largest absolute Gasteiger partial charge is 0.573 e. The summed E-state index contributed by atoms with van der Waals surface area (Å²) in [6.45, 7) is 0.432. The predicted molar refractivity (Wildman–Crippen MR) is 69.5 cm³/mol. The predicted octanol–water partition coefficient (Wildman–Crippen LogP) is 4.13. The van der Waals surface area contributed by atoms with Crippen LogP contribution in [0, 0.1) is 11.3 Å². The van der Waals surface area contributed by atoms with Crippen LogP contribution >= 0.6 is 11.3 Å². The van der Waals surface area contributed by atoms with Gasteiger partial charge in [-0.2, -0.15) is 5.26 Å². The van der Waals surface area contributed by atoms with Crippen LogP contribution in [0.3, 0.4) is 0 Å². The normalized spacial score (nSPS) is 10.9. The number of ether oxygens (including phenoxy) is 1. The number of anilines is 1. The van der Waals surface area contributed by atoms with Crippen LogP contribution in [0.2, 0.25) is 0 Å². The second kappa shape index (κ2) is 5.84. The highest BCUT2D eigenvalue weighted by Crippen LogP contribution is 2.25. The molecule has 0 atom stereocenters. The number of rotatable bonds is 4. The second-order valence-electron chi connectivity index (χ2n) is 3.81. The number of alkyl halides is 3. The van der Waals surface area contributed by atoms with Crippen molar-refractivity contribution in [3.05, 3.63) is 46.2 Å². The van der Waals surface area contributed by atoms with E-state index in [-0.39, 0.29) is 5.75 Å². The van der Waals surface area contributed by atoms with Gasteiger partial charge in [0, 0.05) is 23.2 Å². The number of thiophene rings is 1. The van der Waals surface area contributed by atoms with Crippen LogP contribution in [0.1, 0.15) is 9.75 Å². The third-order valence-electron chi connectivity index (χ3n) is 2.31. The Labute approximate surface area is 117 Å². The Balaban J connectivity index is 1.99. The molecule has 0 aliphatic carbocycles. The number of nitriles is 1. The zero-order valence-electron chi connectivity index (χ0n) is 10.1. The molecule has 0 radical (unpaired) electrons. The van der Waals surface area contributed by atoms with Crippen molar-refractivity contribution in [2.24, 2.45) is 0 Å². The molecule has 0 fully saturated rings. The number of nitrogens with zero attached hydrogens (tertiary/aromatic N) is 1. The van der Waals surface area contributed by atoms with Crippen molar-refractivity contribution in [1.82, 2.24) is 0 Å². The number of hydrogen-bond acceptors (Lipinski definition) is 4. The first-order valence-electron chi connectivity index (χ1n) is 5.55. The summed E-state index contributed by atoms with van der Waals surface area (Å²) in [5.41, 5.74) is 0.513. The molecule has 0 aliphatic heterocycles. The Morgan fingerprint density at radius 1 is 1.25 bits per heavy atom. The van der Waals surface area contributed by atoms with E-state index in [0.717, 1.165) is 4.88 Å². The maximum Gasteiger partial charge on any atom is 0.573 e. The van der Waals surface area contributed by atoms with Crippen molar-refractivity contribution in [2.45, 2.75) is 12.9 Å². The third kappa shape index (κ3) is 4.17. The Kier molecular flexibility index (Phi) is 4.15. The van der Waals surface area contributed by atoms with Gasteiger partial charge >= 0.3 is 6.36 Å². The smallest absolute Gasteiger partial charge is 0.406 e. The van der Waals surface area contributed by atoms with E-state index in [1.54, 1.807) is 18.2 Å². The molecule has 2 rings (SSSR count). The van der Waals surface area contributed by atoms with Crippen LogP contribution in [0.25, 0.3) is 0 Å². The van der Waals surface area contributed by atoms with Crippen LogP contribution < -0.4 is 10.1 Å². The van der Waals surface area contributed by atoms with Crippen molar-refractivity contribution in [3.63, 3.8) is 0 Å². The molecule has 20 heavy (non-hydrogen) atoms. The summed E-state index contributed by atoms with van der Waals surface area (Å²) >= 11 is 1.33. The van der Waals surface area contributed by atoms with E-state index in [4.69, 9.17) is 5.26 Å². The molecule has 0 aliphatic rings. The van der Waals surface area contributed by atoms with Gasteiger partial charge in [-0.1, -0.05) is 6.07 Å². The van der Waals surface area contributed by atoms with Gasteiger partial charge in [0.05, 0.1) is 0 Å². The maximum atomic E-state index is 12.1. The van der Waals surface area contributed by atoms with E-state index in [0.29, 0.717) is 17.1 Å². The lowest BCUT2D eigenvalue weighted by Gasteiger charge is -2.10. The number of nitrogens with one attached hydrogen (secondary N) is 1. The van der Waals surface area contributed by atoms with E-state index >= 15 is 0 Å². The molecule has 0 saturated carbocycles. The first-order valence-corrected chi connectivity index (χ1v) is 6.36. The van der Waals surface area contributed by atoms with Gasteiger partial charge in [-0.3, -0.25) is 0 Å². The van der Waals surface area contributed by atoms with Gasteiger partial charge in [0.2, 0.25) is 0 Å². The molecule has 7 heteroatoms. The molecule has 3 nitrogen and oxygen atoms in total. The molecule has 1 heterocycles. The molecule has 0 saturated heterocycles. The van der Waals surface area contributed by atoms with Crippen LogP contribution in [0.4, 0.5) is 18.9 Å². The van der Waals surface area contributed by atoms with Gasteiger partial charge in [0.25, 0.3) is 0 Å². The number of hydrogen-bond donors (Lipinski definition) is 1. The van der Waals surface area contributed by atoms with E-state index in [2.05, 4.69) is 10.1 Å². The fourth-order valence-corrected chi connectivity index (χ4v) is 2.27. The third-order valence-corrected chi connectivity index (χ3v) is 3.30. The summed E-state index contributed by atoms with van der Waals surface area (Å²) in [6, 6.07) is 11.1. The van der Waals surface area contributed by atoms with E-state index in [1.165, 1.54) is 29.5 Å². The molecule has 0 amide bonds. The van der Waals surface area contributed by atoms with E-state index < -0.39 is 6.36 Å². The summed E-state index contributed by atoms with van der Waals surface area (Å²) in [6.07, 6.45) is -4.70. The minimum absolute atomic E-state index is 0.272.